The first-order valence-electron chi connectivity index (χ1n) is 8.58. The third kappa shape index (κ3) is 3.67. The number of hydrogen-bond acceptors (Lipinski definition) is 4. The van der Waals surface area contributed by atoms with Gasteiger partial charge in [-0.2, -0.15) is 0 Å². The number of anilines is 2. The maximum atomic E-state index is 13.6. The molecule has 5 heteroatoms. The molecule has 0 radical (unpaired) electrons. The average molecular weight is 356 g/mol. The van der Waals surface area contributed by atoms with Gasteiger partial charge in [0.2, 0.25) is 0 Å². The highest BCUT2D eigenvalue weighted by Gasteiger charge is 2.26. The van der Waals surface area contributed by atoms with Crippen LogP contribution in [0.1, 0.15) is 17.3 Å². The zero-order valence-corrected chi connectivity index (χ0v) is 14.5. The summed E-state index contributed by atoms with van der Waals surface area (Å²) in [5.41, 5.74) is 3.55. The molecule has 0 spiro atoms. The van der Waals surface area contributed by atoms with Crippen molar-refractivity contribution < 1.29 is 4.39 Å². The number of hydrogen-bond donors (Lipinski definition) is 0. The van der Waals surface area contributed by atoms with Crippen LogP contribution in [0.2, 0.25) is 0 Å². The predicted molar refractivity (Wildman–Crippen MR) is 103 cm³/mol. The molecule has 4 nitrogen and oxygen atoms in total. The zero-order chi connectivity index (χ0) is 18.5. The second-order valence-electron chi connectivity index (χ2n) is 6.00. The number of rotatable bonds is 5. The molecule has 0 aliphatic rings. The number of halogens is 1. The molecule has 0 N–H and O–H groups in total. The summed E-state index contributed by atoms with van der Waals surface area (Å²) >= 11 is 0. The molecule has 132 valence electrons. The molecule has 1 atom stereocenters. The second-order valence-corrected chi connectivity index (χ2v) is 6.00. The van der Waals surface area contributed by atoms with Gasteiger partial charge in [0.05, 0.1) is 29.5 Å². The molecule has 4 aromatic rings. The molecule has 27 heavy (non-hydrogen) atoms. The lowest BCUT2D eigenvalue weighted by molar-refractivity contribution is 0.626. The minimum Gasteiger partial charge on any atom is -0.326 e. The van der Waals surface area contributed by atoms with Gasteiger partial charge in [-0.05, 0) is 54.1 Å². The van der Waals surface area contributed by atoms with E-state index in [0.717, 1.165) is 22.6 Å². The molecule has 0 aliphatic carbocycles. The predicted octanol–water partition coefficient (Wildman–Crippen LogP) is 4.94. The Morgan fingerprint density at radius 2 is 1.37 bits per heavy atom. The van der Waals surface area contributed by atoms with E-state index in [4.69, 9.17) is 0 Å². The fraction of sp³-hybridized carbons (Fsp3) is 0.0455. The van der Waals surface area contributed by atoms with Crippen molar-refractivity contribution >= 4 is 11.4 Å². The molecule has 1 unspecified atom stereocenters. The summed E-state index contributed by atoms with van der Waals surface area (Å²) in [6.45, 7) is 0. The summed E-state index contributed by atoms with van der Waals surface area (Å²) in [6.07, 6.45) is 8.83. The van der Waals surface area contributed by atoms with Gasteiger partial charge in [0.1, 0.15) is 11.9 Å². The highest BCUT2D eigenvalue weighted by molar-refractivity contribution is 5.65. The number of nitrogens with zero attached hydrogens (tertiary/aromatic N) is 4. The second kappa shape index (κ2) is 7.74. The molecule has 0 aliphatic heterocycles. The smallest absolute Gasteiger partial charge is 0.123 e. The Bertz CT molecular complexity index is 937. The normalized spacial score (nSPS) is 11.7. The van der Waals surface area contributed by atoms with E-state index >= 15 is 0 Å². The quantitative estimate of drug-likeness (QED) is 0.508. The lowest BCUT2D eigenvalue weighted by atomic mass is 10.00. The molecule has 0 amide bonds. The maximum absolute atomic E-state index is 13.6. The Hall–Kier alpha value is -3.60. The van der Waals surface area contributed by atoms with Crippen molar-refractivity contribution in [1.29, 1.82) is 0 Å². The van der Waals surface area contributed by atoms with E-state index in [1.165, 1.54) is 12.1 Å². The summed E-state index contributed by atoms with van der Waals surface area (Å²) in [4.78, 5) is 15.2. The van der Waals surface area contributed by atoms with Crippen molar-refractivity contribution in [1.82, 2.24) is 15.0 Å². The van der Waals surface area contributed by atoms with Crippen LogP contribution in [0.15, 0.2) is 97.7 Å². The van der Waals surface area contributed by atoms with Crippen molar-refractivity contribution in [2.45, 2.75) is 6.04 Å². The fourth-order valence-corrected chi connectivity index (χ4v) is 3.07. The Labute approximate surface area is 157 Å². The van der Waals surface area contributed by atoms with E-state index in [1.807, 2.05) is 42.5 Å². The summed E-state index contributed by atoms with van der Waals surface area (Å²) in [6, 6.07) is 19.8. The molecule has 1 aromatic carbocycles. The maximum Gasteiger partial charge on any atom is 0.123 e. The molecular formula is C22H17FN4. The van der Waals surface area contributed by atoms with Gasteiger partial charge in [-0.15, -0.1) is 0 Å². The average Bonchev–Trinajstić information content (AvgIpc) is 2.75. The van der Waals surface area contributed by atoms with E-state index in [2.05, 4.69) is 19.9 Å². The third-order valence-electron chi connectivity index (χ3n) is 4.26. The van der Waals surface area contributed by atoms with Crippen LogP contribution in [0.25, 0.3) is 0 Å². The number of benzene rings is 1. The Balaban J connectivity index is 1.93. The lowest BCUT2D eigenvalue weighted by Gasteiger charge is -2.33. The summed E-state index contributed by atoms with van der Waals surface area (Å²) in [7, 11) is 0. The minimum atomic E-state index is -0.271. The third-order valence-corrected chi connectivity index (χ3v) is 4.26. The van der Waals surface area contributed by atoms with Gasteiger partial charge in [0, 0.05) is 18.6 Å². The number of aromatic nitrogens is 3. The first kappa shape index (κ1) is 16.8. The van der Waals surface area contributed by atoms with Crippen LogP contribution in [0.5, 0.6) is 0 Å². The van der Waals surface area contributed by atoms with Crippen LogP contribution < -0.4 is 4.90 Å². The van der Waals surface area contributed by atoms with Crippen LogP contribution in [-0.2, 0) is 0 Å². The zero-order valence-electron chi connectivity index (χ0n) is 14.5. The van der Waals surface area contributed by atoms with Crippen LogP contribution in [0.4, 0.5) is 15.8 Å². The van der Waals surface area contributed by atoms with Gasteiger partial charge in [-0.1, -0.05) is 18.2 Å². The van der Waals surface area contributed by atoms with Gasteiger partial charge in [-0.3, -0.25) is 15.0 Å². The molecule has 0 saturated carbocycles. The van der Waals surface area contributed by atoms with E-state index in [1.54, 1.807) is 43.1 Å². The van der Waals surface area contributed by atoms with Crippen molar-refractivity contribution in [2.75, 3.05) is 4.90 Å². The van der Waals surface area contributed by atoms with Gasteiger partial charge >= 0.3 is 0 Å². The van der Waals surface area contributed by atoms with Crippen molar-refractivity contribution in [2.24, 2.45) is 0 Å². The van der Waals surface area contributed by atoms with Crippen LogP contribution in [0.3, 0.4) is 0 Å². The van der Waals surface area contributed by atoms with Gasteiger partial charge in [-0.25, -0.2) is 4.39 Å². The van der Waals surface area contributed by atoms with Crippen molar-refractivity contribution in [3.8, 4) is 0 Å². The molecule has 0 fully saturated rings. The van der Waals surface area contributed by atoms with E-state index in [-0.39, 0.29) is 11.9 Å². The Morgan fingerprint density at radius 1 is 0.704 bits per heavy atom. The van der Waals surface area contributed by atoms with Gasteiger partial charge < -0.3 is 4.90 Å². The Morgan fingerprint density at radius 3 is 1.89 bits per heavy atom. The minimum absolute atomic E-state index is 0.264. The van der Waals surface area contributed by atoms with E-state index < -0.39 is 0 Å². The summed E-state index contributed by atoms with van der Waals surface area (Å²) < 4.78 is 13.6. The largest absolute Gasteiger partial charge is 0.326 e. The molecule has 3 aromatic heterocycles. The number of pyridine rings is 3. The van der Waals surface area contributed by atoms with E-state index in [9.17, 15) is 4.39 Å². The molecule has 4 rings (SSSR count). The van der Waals surface area contributed by atoms with Crippen LogP contribution in [-0.4, -0.2) is 15.0 Å². The van der Waals surface area contributed by atoms with Crippen LogP contribution >= 0.6 is 0 Å². The van der Waals surface area contributed by atoms with Gasteiger partial charge in [0.15, 0.2) is 0 Å². The van der Waals surface area contributed by atoms with Crippen molar-refractivity contribution in [3.05, 3.63) is 115 Å². The molecule has 3 heterocycles. The molecule has 0 saturated heterocycles. The standard InChI is InChI=1S/C22H17FN4/c23-18-10-8-17(9-11-18)22(21-7-1-2-14-26-21)27(19-5-3-12-24-15-19)20-6-4-13-25-16-20/h1-16,22H. The fourth-order valence-electron chi connectivity index (χ4n) is 3.07. The lowest BCUT2D eigenvalue weighted by Crippen LogP contribution is -2.26. The molecular weight excluding hydrogens is 339 g/mol. The first-order valence-corrected chi connectivity index (χ1v) is 8.58. The SMILES string of the molecule is Fc1ccc(C(c2ccccn2)N(c2cccnc2)c2cccnc2)cc1. The van der Waals surface area contributed by atoms with E-state index in [0.29, 0.717) is 0 Å². The molecule has 0 bridgehead atoms. The van der Waals surface area contributed by atoms with Crippen LogP contribution in [0, 0.1) is 5.82 Å². The van der Waals surface area contributed by atoms with Crippen molar-refractivity contribution in [3.63, 3.8) is 0 Å². The Kier molecular flexibility index (Phi) is 4.83. The highest BCUT2D eigenvalue weighted by Crippen LogP contribution is 2.37. The monoisotopic (exact) mass is 356 g/mol. The summed E-state index contributed by atoms with van der Waals surface area (Å²) in [5.74, 6) is -0.271. The first-order chi connectivity index (χ1) is 13.3. The highest BCUT2D eigenvalue weighted by atomic mass is 19.1. The summed E-state index contributed by atoms with van der Waals surface area (Å²) in [5, 5.41) is 0. The van der Waals surface area contributed by atoms with Gasteiger partial charge in [0.25, 0.3) is 0 Å². The topological polar surface area (TPSA) is 41.9 Å².